The van der Waals surface area contributed by atoms with Crippen LogP contribution < -0.4 is 16.2 Å². The van der Waals surface area contributed by atoms with Gasteiger partial charge in [0, 0.05) is 84.7 Å². The van der Waals surface area contributed by atoms with Crippen molar-refractivity contribution in [3.05, 3.63) is 162 Å². The van der Waals surface area contributed by atoms with Crippen molar-refractivity contribution in [3.8, 4) is 27.9 Å². The maximum atomic E-state index is 3.95. The van der Waals surface area contributed by atoms with Crippen molar-refractivity contribution in [2.75, 3.05) is 5.32 Å². The summed E-state index contributed by atoms with van der Waals surface area (Å²) in [5.74, 6) is 0. The second-order valence-electron chi connectivity index (χ2n) is 18.4. The molecule has 0 bridgehead atoms. The molecule has 0 atom stereocenters. The Bertz CT molecular complexity index is 3670. The highest BCUT2D eigenvalue weighted by atomic mass is 32.1. The number of thiophene rings is 2. The van der Waals surface area contributed by atoms with Crippen LogP contribution in [-0.4, -0.2) is 11.8 Å². The quantitative estimate of drug-likeness (QED) is 0.176. The van der Waals surface area contributed by atoms with Crippen LogP contribution in [0.3, 0.4) is 0 Å². The van der Waals surface area contributed by atoms with Gasteiger partial charge in [0.25, 0.3) is 0 Å². The van der Waals surface area contributed by atoms with E-state index in [1.165, 1.54) is 118 Å². The fraction of sp³-hybridized carbons (Fsp3) is 0.127. The average molecular weight is 804 g/mol. The van der Waals surface area contributed by atoms with Crippen LogP contribution in [0.25, 0.3) is 90.1 Å². The van der Waals surface area contributed by atoms with Gasteiger partial charge in [0.05, 0.1) is 5.52 Å². The van der Waals surface area contributed by atoms with Gasteiger partial charge >= 0.3 is 0 Å². The zero-order valence-electron chi connectivity index (χ0n) is 34.2. The predicted octanol–water partition coefficient (Wildman–Crippen LogP) is 14.5. The fourth-order valence-corrected chi connectivity index (χ4v) is 12.8. The van der Waals surface area contributed by atoms with E-state index < -0.39 is 0 Å². The minimum Gasteiger partial charge on any atom is -0.355 e. The number of hydrogen-bond donors (Lipinski definition) is 1. The molecule has 1 aliphatic heterocycles. The summed E-state index contributed by atoms with van der Waals surface area (Å²) in [6.07, 6.45) is 0. The van der Waals surface area contributed by atoms with Crippen molar-refractivity contribution in [1.29, 1.82) is 0 Å². The maximum Gasteiger partial charge on any atom is 0.197 e. The van der Waals surface area contributed by atoms with E-state index in [9.17, 15) is 0 Å². The lowest BCUT2D eigenvalue weighted by molar-refractivity contribution is 0.590. The lowest BCUT2D eigenvalue weighted by Gasteiger charge is -2.27. The van der Waals surface area contributed by atoms with Gasteiger partial charge in [0.2, 0.25) is 0 Å². The molecule has 1 aliphatic carbocycles. The summed E-state index contributed by atoms with van der Waals surface area (Å²) in [7, 11) is 2.49. The van der Waals surface area contributed by atoms with E-state index in [4.69, 9.17) is 0 Å². The zero-order valence-corrected chi connectivity index (χ0v) is 35.8. The Morgan fingerprint density at radius 1 is 0.533 bits per heavy atom. The molecular weight excluding hydrogens is 764 g/mol. The second kappa shape index (κ2) is 12.0. The summed E-state index contributed by atoms with van der Waals surface area (Å²) < 4.78 is 7.88. The lowest BCUT2D eigenvalue weighted by atomic mass is 9.58. The number of aromatic nitrogens is 1. The normalized spacial score (nSPS) is 14.0. The minimum absolute atomic E-state index is 0.0843. The second-order valence-corrected chi connectivity index (χ2v) is 20.6. The average Bonchev–Trinajstić information content (AvgIpc) is 3.96. The van der Waals surface area contributed by atoms with E-state index in [1.54, 1.807) is 0 Å². The highest BCUT2D eigenvalue weighted by Crippen LogP contribution is 2.50. The van der Waals surface area contributed by atoms with Crippen LogP contribution in [0.15, 0.2) is 146 Å². The number of rotatable bonds is 3. The van der Waals surface area contributed by atoms with E-state index in [0.29, 0.717) is 0 Å². The molecule has 2 aliphatic rings. The third kappa shape index (κ3) is 4.76. The molecule has 285 valence electrons. The van der Waals surface area contributed by atoms with Crippen LogP contribution in [0.1, 0.15) is 51.3 Å². The highest BCUT2D eigenvalue weighted by Gasteiger charge is 2.38. The molecule has 0 amide bonds. The Kier molecular flexibility index (Phi) is 6.94. The molecule has 4 heterocycles. The molecule has 1 radical (unpaired) electrons. The maximum absolute atomic E-state index is 3.95. The van der Waals surface area contributed by atoms with Gasteiger partial charge < -0.3 is 9.88 Å². The number of hydrogen-bond acceptors (Lipinski definition) is 3. The van der Waals surface area contributed by atoms with Gasteiger partial charge in [0.1, 0.15) is 0 Å². The van der Waals surface area contributed by atoms with Gasteiger partial charge in [-0.2, -0.15) is 0 Å². The first-order chi connectivity index (χ1) is 29.1. The van der Waals surface area contributed by atoms with Crippen LogP contribution in [0, 0.1) is 0 Å². The van der Waals surface area contributed by atoms with Gasteiger partial charge in [-0.15, -0.1) is 22.7 Å². The first-order valence-electron chi connectivity index (χ1n) is 21.0. The summed E-state index contributed by atoms with van der Waals surface area (Å²) in [5, 5.41) is 11.8. The molecule has 8 aromatic carbocycles. The van der Waals surface area contributed by atoms with Crippen molar-refractivity contribution in [2.45, 2.75) is 45.4 Å². The van der Waals surface area contributed by atoms with E-state index in [0.717, 1.165) is 11.4 Å². The Morgan fingerprint density at radius 2 is 1.22 bits per heavy atom. The molecule has 0 unspecified atom stereocenters. The Hall–Kier alpha value is -6.14. The lowest BCUT2D eigenvalue weighted by Crippen LogP contribution is -2.37. The molecule has 2 nitrogen and oxygen atoms in total. The summed E-state index contributed by atoms with van der Waals surface area (Å²) >= 11 is 3.78. The van der Waals surface area contributed by atoms with Crippen molar-refractivity contribution >= 4 is 114 Å². The molecule has 3 aromatic heterocycles. The first kappa shape index (κ1) is 34.7. The Labute approximate surface area is 358 Å². The number of nitrogens with zero attached hydrogens (tertiary/aromatic N) is 1. The fourth-order valence-electron chi connectivity index (χ4n) is 10.5. The number of fused-ring (bicyclic) bond motifs is 14. The third-order valence-corrected chi connectivity index (χ3v) is 15.8. The molecular formula is C55H40BN2S2. The van der Waals surface area contributed by atoms with Crippen molar-refractivity contribution in [2.24, 2.45) is 0 Å². The highest BCUT2D eigenvalue weighted by molar-refractivity contribution is 7.26. The van der Waals surface area contributed by atoms with Gasteiger partial charge in [-0.05, 0) is 98.9 Å². The van der Waals surface area contributed by atoms with Crippen LogP contribution >= 0.6 is 22.7 Å². The monoisotopic (exact) mass is 803 g/mol. The standard InChI is InChI=1S/C55H40BN2S2/c1-54(2,3)30-18-20-31(21-19-30)57-45-26-41-34-14-8-11-17-49(34)59-50(41)27-38(45)35-22-23-36-39-24-40-33-13-7-10-16-48(33)60-51(40)29-46(39)58-47-28-43-37(25-44(47)56-52(35)53(36)58)32-12-6-9-15-42(32)55(43,4)5/h6-29,57H,1-5H3. The summed E-state index contributed by atoms with van der Waals surface area (Å²) in [5.41, 5.74) is 17.8. The van der Waals surface area contributed by atoms with Crippen molar-refractivity contribution < 1.29 is 0 Å². The van der Waals surface area contributed by atoms with Crippen LogP contribution in [0.5, 0.6) is 0 Å². The van der Waals surface area contributed by atoms with Gasteiger partial charge in [0.15, 0.2) is 7.28 Å². The summed E-state index contributed by atoms with van der Waals surface area (Å²) in [6, 6.07) is 55.3. The largest absolute Gasteiger partial charge is 0.355 e. The minimum atomic E-state index is -0.102. The summed E-state index contributed by atoms with van der Waals surface area (Å²) in [6.45, 7) is 11.6. The Morgan fingerprint density at radius 3 is 1.97 bits per heavy atom. The molecule has 60 heavy (non-hydrogen) atoms. The molecule has 0 saturated carbocycles. The van der Waals surface area contributed by atoms with E-state index in [1.807, 2.05) is 22.7 Å². The molecule has 0 spiro atoms. The molecule has 0 fully saturated rings. The van der Waals surface area contributed by atoms with Gasteiger partial charge in [-0.1, -0.05) is 131 Å². The molecule has 0 saturated heterocycles. The van der Waals surface area contributed by atoms with Crippen molar-refractivity contribution in [3.63, 3.8) is 0 Å². The van der Waals surface area contributed by atoms with Crippen molar-refractivity contribution in [1.82, 2.24) is 4.57 Å². The molecule has 5 heteroatoms. The third-order valence-electron chi connectivity index (χ3n) is 13.6. The SMILES string of the molecule is CC(C)(C)c1ccc(Nc2cc3c(cc2-c2ccc4c5cc6c(cc5n5c4c2[B]c2cc4c(cc2-5)C(C)(C)c2ccccc2-4)sc2ccccc26)sc2ccccc23)cc1. The van der Waals surface area contributed by atoms with E-state index in [-0.39, 0.29) is 10.8 Å². The number of anilines is 2. The predicted molar refractivity (Wildman–Crippen MR) is 263 cm³/mol. The van der Waals surface area contributed by atoms with E-state index in [2.05, 4.69) is 197 Å². The molecule has 13 rings (SSSR count). The van der Waals surface area contributed by atoms with Crippen LogP contribution in [0.2, 0.25) is 0 Å². The summed E-state index contributed by atoms with van der Waals surface area (Å²) in [4.78, 5) is 0. The van der Waals surface area contributed by atoms with Crippen LogP contribution in [-0.2, 0) is 10.8 Å². The number of benzene rings is 8. The Balaban J connectivity index is 1.11. The topological polar surface area (TPSA) is 17.0 Å². The number of nitrogens with one attached hydrogen (secondary N) is 1. The molecule has 11 aromatic rings. The molecule has 1 N–H and O–H groups in total. The zero-order chi connectivity index (χ0) is 40.2. The smallest absolute Gasteiger partial charge is 0.197 e. The van der Waals surface area contributed by atoms with Gasteiger partial charge in [-0.25, -0.2) is 0 Å². The van der Waals surface area contributed by atoms with Gasteiger partial charge in [-0.3, -0.25) is 0 Å². The van der Waals surface area contributed by atoms with Crippen LogP contribution in [0.4, 0.5) is 11.4 Å². The first-order valence-corrected chi connectivity index (χ1v) is 22.6. The van der Waals surface area contributed by atoms with E-state index >= 15 is 0 Å².